The van der Waals surface area contributed by atoms with E-state index in [1.54, 1.807) is 6.07 Å². The van der Waals surface area contributed by atoms with Crippen LogP contribution in [-0.2, 0) is 12.5 Å². The van der Waals surface area contributed by atoms with Gasteiger partial charge in [0.15, 0.2) is 11.6 Å². The van der Waals surface area contributed by atoms with Gasteiger partial charge in [0.05, 0.1) is 5.56 Å². The van der Waals surface area contributed by atoms with Crippen LogP contribution in [0.4, 0.5) is 30.7 Å². The SMILES string of the molecule is C=CCCc1ccc(-c2ccc(-c3ccc(C(F)(F)Oc4ccc(-c5ccc(F)c(F)c5)c(F)c4)c(F)c3)c(F)c2)cc1. The minimum Gasteiger partial charge on any atom is -0.429 e. The molecule has 0 aliphatic carbocycles. The highest BCUT2D eigenvalue weighted by molar-refractivity contribution is 5.71. The maximum atomic E-state index is 15.1. The quantitative estimate of drug-likeness (QED) is 0.122. The lowest BCUT2D eigenvalue weighted by molar-refractivity contribution is -0.187. The largest absolute Gasteiger partial charge is 0.429 e. The Morgan fingerprint density at radius 3 is 1.72 bits per heavy atom. The van der Waals surface area contributed by atoms with E-state index in [9.17, 15) is 26.3 Å². The summed E-state index contributed by atoms with van der Waals surface area (Å²) in [6.07, 6.45) is -0.720. The Hall–Kier alpha value is -4.85. The molecule has 0 N–H and O–H groups in total. The summed E-state index contributed by atoms with van der Waals surface area (Å²) in [5.74, 6) is -6.04. The van der Waals surface area contributed by atoms with Gasteiger partial charge in [-0.05, 0) is 83.1 Å². The summed E-state index contributed by atoms with van der Waals surface area (Å²) in [6.45, 7) is 3.70. The van der Waals surface area contributed by atoms with E-state index in [1.165, 1.54) is 12.1 Å². The molecule has 0 fully saturated rings. The molecule has 0 aromatic heterocycles. The Bertz CT molecular complexity index is 1800. The van der Waals surface area contributed by atoms with Crippen LogP contribution in [0.5, 0.6) is 5.75 Å². The zero-order valence-corrected chi connectivity index (χ0v) is 22.5. The van der Waals surface area contributed by atoms with Gasteiger partial charge >= 0.3 is 6.11 Å². The van der Waals surface area contributed by atoms with Crippen LogP contribution in [0.25, 0.3) is 33.4 Å². The molecule has 0 atom stereocenters. The topological polar surface area (TPSA) is 9.23 Å². The number of hydrogen-bond donors (Lipinski definition) is 0. The van der Waals surface area contributed by atoms with Crippen molar-refractivity contribution in [1.29, 1.82) is 0 Å². The van der Waals surface area contributed by atoms with Crippen LogP contribution in [-0.4, -0.2) is 0 Å². The minimum absolute atomic E-state index is 0.0101. The van der Waals surface area contributed by atoms with Crippen LogP contribution in [0.3, 0.4) is 0 Å². The fourth-order valence-electron chi connectivity index (χ4n) is 4.64. The van der Waals surface area contributed by atoms with Gasteiger partial charge in [0.25, 0.3) is 0 Å². The molecule has 43 heavy (non-hydrogen) atoms. The second-order valence-corrected chi connectivity index (χ2v) is 9.80. The maximum Gasteiger partial charge on any atom is 0.429 e. The molecular formula is C35H23F7O. The minimum atomic E-state index is -4.22. The zero-order chi connectivity index (χ0) is 30.7. The highest BCUT2D eigenvalue weighted by Gasteiger charge is 2.38. The van der Waals surface area contributed by atoms with Gasteiger partial charge in [-0.15, -0.1) is 6.58 Å². The molecule has 218 valence electrons. The van der Waals surface area contributed by atoms with Gasteiger partial charge in [-0.3, -0.25) is 0 Å². The standard InChI is InChI=1S/C35H23F7O/c1-2-3-4-21-5-7-22(8-6-21)23-9-13-27(31(37)17-23)24-10-15-29(33(39)18-24)35(41,42)43-26-12-14-28(32(38)20-26)25-11-16-30(36)34(40)19-25/h2,5-20H,1,3-4H2. The number of rotatable bonds is 9. The van der Waals surface area contributed by atoms with E-state index >= 15 is 4.39 Å². The lowest BCUT2D eigenvalue weighted by atomic mass is 9.97. The number of halogens is 7. The third-order valence-corrected chi connectivity index (χ3v) is 6.90. The molecule has 0 saturated heterocycles. The van der Waals surface area contributed by atoms with Crippen LogP contribution < -0.4 is 4.74 Å². The summed E-state index contributed by atoms with van der Waals surface area (Å²) in [7, 11) is 0. The van der Waals surface area contributed by atoms with E-state index in [4.69, 9.17) is 0 Å². The van der Waals surface area contributed by atoms with E-state index in [0.29, 0.717) is 11.6 Å². The van der Waals surface area contributed by atoms with E-state index in [2.05, 4.69) is 11.3 Å². The van der Waals surface area contributed by atoms with Gasteiger partial charge in [0, 0.05) is 17.2 Å². The second kappa shape index (κ2) is 12.2. The maximum absolute atomic E-state index is 15.1. The van der Waals surface area contributed by atoms with Crippen molar-refractivity contribution in [1.82, 2.24) is 0 Å². The van der Waals surface area contributed by atoms with Crippen LogP contribution >= 0.6 is 0 Å². The van der Waals surface area contributed by atoms with Crippen molar-refractivity contribution in [2.75, 3.05) is 0 Å². The molecule has 0 aliphatic heterocycles. The van der Waals surface area contributed by atoms with Crippen LogP contribution in [0.15, 0.2) is 110 Å². The first-order chi connectivity index (χ1) is 20.6. The molecule has 0 bridgehead atoms. The predicted octanol–water partition coefficient (Wildman–Crippen LogP) is 10.6. The number of hydrogen-bond acceptors (Lipinski definition) is 1. The smallest absolute Gasteiger partial charge is 0.429 e. The van der Waals surface area contributed by atoms with E-state index < -0.39 is 46.5 Å². The van der Waals surface area contributed by atoms with Crippen molar-refractivity contribution in [2.45, 2.75) is 19.0 Å². The van der Waals surface area contributed by atoms with Crippen molar-refractivity contribution in [2.24, 2.45) is 0 Å². The van der Waals surface area contributed by atoms with Gasteiger partial charge in [-0.25, -0.2) is 22.0 Å². The van der Waals surface area contributed by atoms with Crippen molar-refractivity contribution in [3.05, 3.63) is 150 Å². The molecule has 0 saturated carbocycles. The van der Waals surface area contributed by atoms with Gasteiger partial charge in [-0.2, -0.15) is 8.78 Å². The number of allylic oxidation sites excluding steroid dienone is 1. The van der Waals surface area contributed by atoms with Gasteiger partial charge in [0.1, 0.15) is 23.2 Å². The first kappa shape index (κ1) is 29.6. The summed E-state index contributed by atoms with van der Waals surface area (Å²) in [5, 5.41) is 0. The van der Waals surface area contributed by atoms with Crippen molar-refractivity contribution < 1.29 is 35.5 Å². The van der Waals surface area contributed by atoms with Crippen molar-refractivity contribution in [3.8, 4) is 39.1 Å². The van der Waals surface area contributed by atoms with E-state index in [0.717, 1.165) is 72.5 Å². The molecule has 0 unspecified atom stereocenters. The fraction of sp³-hybridized carbons (Fsp3) is 0.0857. The summed E-state index contributed by atoms with van der Waals surface area (Å²) in [4.78, 5) is 0. The highest BCUT2D eigenvalue weighted by atomic mass is 19.3. The van der Waals surface area contributed by atoms with E-state index in [1.807, 2.05) is 30.3 Å². The van der Waals surface area contributed by atoms with Crippen LogP contribution in [0.1, 0.15) is 17.5 Å². The van der Waals surface area contributed by atoms with Crippen LogP contribution in [0.2, 0.25) is 0 Å². The molecule has 5 rings (SSSR count). The average Bonchev–Trinajstić information content (AvgIpc) is 2.97. The Balaban J connectivity index is 1.34. The first-order valence-corrected chi connectivity index (χ1v) is 13.2. The average molecular weight is 593 g/mol. The number of alkyl halides is 2. The molecule has 0 spiro atoms. The summed E-state index contributed by atoms with van der Waals surface area (Å²) in [5.41, 5.74) is 1.18. The first-order valence-electron chi connectivity index (χ1n) is 13.2. The Morgan fingerprint density at radius 2 is 1.12 bits per heavy atom. The molecule has 0 radical (unpaired) electrons. The fourth-order valence-corrected chi connectivity index (χ4v) is 4.64. The number of aryl methyl sites for hydroxylation is 1. The monoisotopic (exact) mass is 592 g/mol. The number of benzene rings is 5. The summed E-state index contributed by atoms with van der Waals surface area (Å²) >= 11 is 0. The highest BCUT2D eigenvalue weighted by Crippen LogP contribution is 2.37. The van der Waals surface area contributed by atoms with E-state index in [-0.39, 0.29) is 22.3 Å². The second-order valence-electron chi connectivity index (χ2n) is 9.80. The molecule has 0 amide bonds. The molecule has 8 heteroatoms. The normalized spacial score (nSPS) is 11.4. The molecule has 1 nitrogen and oxygen atoms in total. The van der Waals surface area contributed by atoms with Gasteiger partial charge < -0.3 is 4.74 Å². The zero-order valence-electron chi connectivity index (χ0n) is 22.5. The third kappa shape index (κ3) is 6.48. The Kier molecular flexibility index (Phi) is 8.39. The molecular weight excluding hydrogens is 569 g/mol. The number of ether oxygens (including phenoxy) is 1. The molecule has 0 heterocycles. The van der Waals surface area contributed by atoms with Crippen LogP contribution in [0, 0.1) is 29.1 Å². The summed E-state index contributed by atoms with van der Waals surface area (Å²) < 4.78 is 106. The molecule has 0 aliphatic rings. The Morgan fingerprint density at radius 1 is 0.558 bits per heavy atom. The lowest BCUT2D eigenvalue weighted by Gasteiger charge is -2.20. The predicted molar refractivity (Wildman–Crippen MR) is 152 cm³/mol. The molecule has 5 aromatic rings. The summed E-state index contributed by atoms with van der Waals surface area (Å²) in [6, 6.07) is 20.0. The van der Waals surface area contributed by atoms with Crippen molar-refractivity contribution >= 4 is 0 Å². The molecule has 5 aromatic carbocycles. The van der Waals surface area contributed by atoms with Crippen molar-refractivity contribution in [3.63, 3.8) is 0 Å². The third-order valence-electron chi connectivity index (χ3n) is 6.90. The van der Waals surface area contributed by atoms with Gasteiger partial charge in [0.2, 0.25) is 0 Å². The van der Waals surface area contributed by atoms with Gasteiger partial charge in [-0.1, -0.05) is 54.6 Å². The lowest BCUT2D eigenvalue weighted by Crippen LogP contribution is -2.23. The Labute approximate surface area is 243 Å².